The Hall–Kier alpha value is -0.0700. The van der Waals surface area contributed by atoms with Gasteiger partial charge in [0.15, 0.2) is 0 Å². The molecule has 1 aliphatic rings. The van der Waals surface area contributed by atoms with Crippen LogP contribution < -0.4 is 0 Å². The summed E-state index contributed by atoms with van der Waals surface area (Å²) in [5.41, 5.74) is -0.511. The highest BCUT2D eigenvalue weighted by Gasteiger charge is 2.65. The van der Waals surface area contributed by atoms with Gasteiger partial charge in [-0.2, -0.15) is 13.2 Å². The Balaban J connectivity index is 2.31. The van der Waals surface area contributed by atoms with Crippen LogP contribution in [-0.4, -0.2) is 14.9 Å². The summed E-state index contributed by atoms with van der Waals surface area (Å²) in [7, 11) is 0. The van der Waals surface area contributed by atoms with E-state index in [-0.39, 0.29) is 6.61 Å². The highest BCUT2D eigenvalue weighted by atomic mass is 79.9. The molecule has 1 fully saturated rings. The van der Waals surface area contributed by atoms with Gasteiger partial charge in [-0.25, -0.2) is 0 Å². The summed E-state index contributed by atoms with van der Waals surface area (Å²) < 4.78 is 36.8. The molecule has 1 N–H and O–H groups in total. The number of aliphatic hydroxyl groups is 1. The van der Waals surface area contributed by atoms with Crippen LogP contribution in [0.3, 0.4) is 0 Å². The molecule has 0 heterocycles. The molecule has 0 amide bonds. The van der Waals surface area contributed by atoms with Gasteiger partial charge in [0.05, 0.1) is 15.4 Å². The van der Waals surface area contributed by atoms with E-state index in [9.17, 15) is 18.3 Å². The molecule has 0 aliphatic heterocycles. The van der Waals surface area contributed by atoms with E-state index in [0.29, 0.717) is 12.0 Å². The number of halogens is 5. The predicted molar refractivity (Wildman–Crippen MR) is 65.4 cm³/mol. The topological polar surface area (TPSA) is 20.2 Å². The molecule has 0 bridgehead atoms. The molecule has 0 saturated heterocycles. The number of hydrogen-bond donors (Lipinski definition) is 1. The van der Waals surface area contributed by atoms with E-state index in [1.807, 2.05) is 0 Å². The molecular weight excluding hydrogens is 365 g/mol. The lowest BCUT2D eigenvalue weighted by Crippen LogP contribution is -2.19. The molecular formula is C11H9Br2F3O. The van der Waals surface area contributed by atoms with E-state index in [1.165, 1.54) is 12.1 Å². The normalized spacial score (nSPS) is 26.9. The first kappa shape index (κ1) is 13.4. The number of benzene rings is 1. The third-order valence-electron chi connectivity index (χ3n) is 3.13. The van der Waals surface area contributed by atoms with Crippen molar-refractivity contribution in [1.29, 1.82) is 0 Å². The Morgan fingerprint density at radius 3 is 1.94 bits per heavy atom. The zero-order valence-electron chi connectivity index (χ0n) is 8.56. The Kier molecular flexibility index (Phi) is 3.12. The first-order valence-electron chi connectivity index (χ1n) is 4.89. The Morgan fingerprint density at radius 2 is 1.65 bits per heavy atom. The first-order chi connectivity index (χ1) is 7.73. The second-order valence-electron chi connectivity index (χ2n) is 4.20. The maximum absolute atomic E-state index is 12.4. The Labute approximate surface area is 113 Å². The Bertz CT molecular complexity index is 427. The molecule has 1 aromatic rings. The van der Waals surface area contributed by atoms with Crippen molar-refractivity contribution >= 4 is 31.9 Å². The summed E-state index contributed by atoms with van der Waals surface area (Å²) in [6.07, 6.45) is -3.68. The highest BCUT2D eigenvalue weighted by molar-refractivity contribution is 9.25. The van der Waals surface area contributed by atoms with Crippen molar-refractivity contribution in [1.82, 2.24) is 0 Å². The molecule has 0 spiro atoms. The lowest BCUT2D eigenvalue weighted by Gasteiger charge is -2.17. The van der Waals surface area contributed by atoms with Gasteiger partial charge in [0.2, 0.25) is 0 Å². The smallest absolute Gasteiger partial charge is 0.395 e. The van der Waals surface area contributed by atoms with Gasteiger partial charge in [0, 0.05) is 5.41 Å². The zero-order valence-corrected chi connectivity index (χ0v) is 11.7. The van der Waals surface area contributed by atoms with Crippen LogP contribution >= 0.6 is 31.9 Å². The second-order valence-corrected chi connectivity index (χ2v) is 7.97. The van der Waals surface area contributed by atoms with Crippen molar-refractivity contribution in [3.05, 3.63) is 35.4 Å². The molecule has 94 valence electrons. The van der Waals surface area contributed by atoms with E-state index in [1.54, 1.807) is 0 Å². The maximum atomic E-state index is 12.4. The summed E-state index contributed by atoms with van der Waals surface area (Å²) in [6.45, 7) is -0.116. The zero-order chi connectivity index (χ0) is 12.9. The molecule has 0 unspecified atom stereocenters. The van der Waals surface area contributed by atoms with Gasteiger partial charge in [-0.15, -0.1) is 0 Å². The summed E-state index contributed by atoms with van der Waals surface area (Å²) in [5, 5.41) is 9.39. The van der Waals surface area contributed by atoms with Crippen LogP contribution in [0.4, 0.5) is 13.2 Å². The van der Waals surface area contributed by atoms with Gasteiger partial charge >= 0.3 is 6.18 Å². The number of hydrogen-bond acceptors (Lipinski definition) is 1. The molecule has 6 heteroatoms. The van der Waals surface area contributed by atoms with Crippen molar-refractivity contribution in [3.8, 4) is 0 Å². The van der Waals surface area contributed by atoms with Gasteiger partial charge in [-0.3, -0.25) is 0 Å². The van der Waals surface area contributed by atoms with Gasteiger partial charge in [0.1, 0.15) is 0 Å². The molecule has 1 aliphatic carbocycles. The minimum Gasteiger partial charge on any atom is -0.395 e. The van der Waals surface area contributed by atoms with E-state index in [0.717, 1.165) is 12.1 Å². The van der Waals surface area contributed by atoms with Crippen molar-refractivity contribution in [2.45, 2.75) is 21.2 Å². The van der Waals surface area contributed by atoms with Crippen LogP contribution in [0.25, 0.3) is 0 Å². The minimum absolute atomic E-state index is 0.116. The monoisotopic (exact) mass is 372 g/mol. The summed E-state index contributed by atoms with van der Waals surface area (Å²) in [5.74, 6) is 0. The lowest BCUT2D eigenvalue weighted by molar-refractivity contribution is -0.137. The average molecular weight is 374 g/mol. The maximum Gasteiger partial charge on any atom is 0.416 e. The molecule has 1 saturated carbocycles. The fourth-order valence-corrected chi connectivity index (χ4v) is 3.55. The van der Waals surface area contributed by atoms with Gasteiger partial charge < -0.3 is 5.11 Å². The van der Waals surface area contributed by atoms with E-state index < -0.39 is 20.4 Å². The summed E-state index contributed by atoms with van der Waals surface area (Å²) >= 11 is 6.80. The SMILES string of the molecule is OC[C@]1(c2ccc(C(F)(F)F)cc2)CC1(Br)Br. The van der Waals surface area contributed by atoms with E-state index in [4.69, 9.17) is 0 Å². The van der Waals surface area contributed by atoms with Crippen LogP contribution in [0.5, 0.6) is 0 Å². The van der Waals surface area contributed by atoms with Gasteiger partial charge in [-0.1, -0.05) is 44.0 Å². The van der Waals surface area contributed by atoms with Crippen LogP contribution in [0, 0.1) is 0 Å². The van der Waals surface area contributed by atoms with Crippen LogP contribution in [0.2, 0.25) is 0 Å². The minimum atomic E-state index is -4.33. The Morgan fingerprint density at radius 1 is 1.18 bits per heavy atom. The largest absolute Gasteiger partial charge is 0.416 e. The first-order valence-corrected chi connectivity index (χ1v) is 6.48. The second kappa shape index (κ2) is 3.96. The van der Waals surface area contributed by atoms with Crippen LogP contribution in [0.15, 0.2) is 24.3 Å². The molecule has 0 radical (unpaired) electrons. The highest BCUT2D eigenvalue weighted by Crippen LogP contribution is 2.66. The molecule has 1 atom stereocenters. The van der Waals surface area contributed by atoms with Crippen LogP contribution in [-0.2, 0) is 11.6 Å². The lowest BCUT2D eigenvalue weighted by atomic mass is 9.96. The predicted octanol–water partition coefficient (Wildman–Crippen LogP) is 3.83. The van der Waals surface area contributed by atoms with E-state index in [2.05, 4.69) is 31.9 Å². The molecule has 1 aromatic carbocycles. The number of alkyl halides is 5. The van der Waals surface area contributed by atoms with Crippen LogP contribution in [0.1, 0.15) is 17.5 Å². The molecule has 1 nitrogen and oxygen atoms in total. The number of rotatable bonds is 2. The molecule has 2 rings (SSSR count). The molecule has 17 heavy (non-hydrogen) atoms. The van der Waals surface area contributed by atoms with Crippen molar-refractivity contribution in [3.63, 3.8) is 0 Å². The third kappa shape index (κ3) is 2.15. The standard InChI is InChI=1S/C11H9Br2F3O/c12-10(13)5-9(10,6-17)7-1-3-8(4-2-7)11(14,15)16/h1-4,17H,5-6H2/t9-/m0/s1. The molecule has 0 aromatic heterocycles. The summed E-state index contributed by atoms with van der Waals surface area (Å²) in [4.78, 5) is 0. The fourth-order valence-electron chi connectivity index (χ4n) is 1.89. The van der Waals surface area contributed by atoms with Gasteiger partial charge in [0.25, 0.3) is 0 Å². The van der Waals surface area contributed by atoms with Crippen molar-refractivity contribution in [2.75, 3.05) is 6.61 Å². The van der Waals surface area contributed by atoms with Gasteiger partial charge in [-0.05, 0) is 24.1 Å². The van der Waals surface area contributed by atoms with E-state index >= 15 is 0 Å². The summed E-state index contributed by atoms with van der Waals surface area (Å²) in [6, 6.07) is 4.93. The third-order valence-corrected chi connectivity index (χ3v) is 5.21. The van der Waals surface area contributed by atoms with Crippen molar-refractivity contribution in [2.24, 2.45) is 0 Å². The number of aliphatic hydroxyl groups excluding tert-OH is 1. The average Bonchev–Trinajstić information content (AvgIpc) is 2.81. The van der Waals surface area contributed by atoms with Crippen molar-refractivity contribution < 1.29 is 18.3 Å². The quantitative estimate of drug-likeness (QED) is 0.781. The fraction of sp³-hybridized carbons (Fsp3) is 0.455.